The molecule has 0 bridgehead atoms. The van der Waals surface area contributed by atoms with Gasteiger partial charge in [0.15, 0.2) is 0 Å². The van der Waals surface area contributed by atoms with E-state index in [1.165, 1.54) is 56.7 Å². The maximum Gasteiger partial charge on any atom is 0.270 e. The van der Waals surface area contributed by atoms with Crippen LogP contribution >= 0.6 is 0 Å². The van der Waals surface area contributed by atoms with Crippen LogP contribution in [0.1, 0.15) is 11.1 Å². The van der Waals surface area contributed by atoms with E-state index < -0.39 is 9.85 Å². The van der Waals surface area contributed by atoms with Gasteiger partial charge < -0.3 is 19.5 Å². The van der Waals surface area contributed by atoms with Crippen LogP contribution in [0.25, 0.3) is 0 Å². The monoisotopic (exact) mass is 439 g/mol. The molecule has 3 aromatic rings. The smallest absolute Gasteiger partial charge is 0.270 e. The van der Waals surface area contributed by atoms with E-state index in [2.05, 4.69) is 0 Å². The number of methoxy groups -OCH3 is 2. The molecule has 0 heterocycles. The molecule has 0 atom stereocenters. The average Bonchev–Trinajstić information content (AvgIpc) is 2.78. The average molecular weight is 439 g/mol. The summed E-state index contributed by atoms with van der Waals surface area (Å²) in [6.07, 6.45) is 0. The molecule has 0 aliphatic heterocycles. The highest BCUT2D eigenvalue weighted by Gasteiger charge is 2.19. The third-order valence-corrected chi connectivity index (χ3v) is 4.86. The van der Waals surface area contributed by atoms with Gasteiger partial charge in [0.05, 0.1) is 29.8 Å². The fraction of sp³-hybridized carbons (Fsp3) is 0.182. The predicted molar refractivity (Wildman–Crippen MR) is 117 cm³/mol. The van der Waals surface area contributed by atoms with Gasteiger partial charge in [0.25, 0.3) is 11.4 Å². The Labute approximate surface area is 183 Å². The van der Waals surface area contributed by atoms with Gasteiger partial charge in [0, 0.05) is 49.0 Å². The van der Waals surface area contributed by atoms with E-state index in [1.54, 1.807) is 18.2 Å². The molecule has 0 aliphatic carbocycles. The van der Waals surface area contributed by atoms with E-state index >= 15 is 0 Å². The molecular weight excluding hydrogens is 418 g/mol. The highest BCUT2D eigenvalue weighted by Crippen LogP contribution is 2.35. The fourth-order valence-electron chi connectivity index (χ4n) is 3.31. The van der Waals surface area contributed by atoms with Gasteiger partial charge in [-0.2, -0.15) is 0 Å². The molecule has 0 amide bonds. The lowest BCUT2D eigenvalue weighted by molar-refractivity contribution is -0.385. The van der Waals surface area contributed by atoms with Crippen molar-refractivity contribution in [3.05, 3.63) is 92.0 Å². The summed E-state index contributed by atoms with van der Waals surface area (Å²) >= 11 is 0. The topological polar surface area (TPSA) is 128 Å². The third-order valence-electron chi connectivity index (χ3n) is 4.86. The van der Waals surface area contributed by atoms with Crippen LogP contribution in [0, 0.1) is 20.2 Å². The van der Waals surface area contributed by atoms with E-state index in [0.29, 0.717) is 29.3 Å². The van der Waals surface area contributed by atoms with Crippen LogP contribution < -0.4 is 14.4 Å². The summed E-state index contributed by atoms with van der Waals surface area (Å²) in [5, 5.41) is 32.1. The summed E-state index contributed by atoms with van der Waals surface area (Å²) in [5.74, 6) is 0.896. The van der Waals surface area contributed by atoms with Crippen LogP contribution in [-0.2, 0) is 13.1 Å². The molecule has 0 unspecified atom stereocenters. The largest absolute Gasteiger partial charge is 0.508 e. The summed E-state index contributed by atoms with van der Waals surface area (Å²) in [6.45, 7) is 0.522. The minimum absolute atomic E-state index is 0.0221. The number of rotatable bonds is 9. The van der Waals surface area contributed by atoms with E-state index in [0.717, 1.165) is 5.56 Å². The number of nitrogens with zero attached hydrogens (tertiary/aromatic N) is 3. The molecule has 3 aromatic carbocycles. The molecule has 0 saturated heterocycles. The number of anilines is 1. The summed E-state index contributed by atoms with van der Waals surface area (Å²) in [4.78, 5) is 23.1. The molecule has 1 N–H and O–H groups in total. The van der Waals surface area contributed by atoms with E-state index in [-0.39, 0.29) is 23.7 Å². The molecule has 10 nitrogen and oxygen atoms in total. The first kappa shape index (κ1) is 22.3. The van der Waals surface area contributed by atoms with Gasteiger partial charge in [-0.15, -0.1) is 0 Å². The molecule has 0 radical (unpaired) electrons. The molecule has 32 heavy (non-hydrogen) atoms. The first-order valence-corrected chi connectivity index (χ1v) is 9.49. The number of ether oxygens (including phenoxy) is 2. The first-order chi connectivity index (χ1) is 15.3. The number of nitro benzene ring substituents is 2. The second kappa shape index (κ2) is 9.65. The SMILES string of the molecule is COc1ccc([N+](=O)[O-])cc1CN(Cc1ccc([N+](=O)[O-])cc1)c1ccc(O)cc1OC. The summed E-state index contributed by atoms with van der Waals surface area (Å²) in [6, 6.07) is 15.1. The molecular formula is C22H21N3O7. The van der Waals surface area contributed by atoms with Crippen molar-refractivity contribution >= 4 is 17.1 Å². The van der Waals surface area contributed by atoms with Crippen molar-refractivity contribution in [2.45, 2.75) is 13.1 Å². The Bertz CT molecular complexity index is 1130. The van der Waals surface area contributed by atoms with Gasteiger partial charge in [0.1, 0.15) is 17.2 Å². The number of hydrogen-bond donors (Lipinski definition) is 1. The normalized spacial score (nSPS) is 10.4. The lowest BCUT2D eigenvalue weighted by atomic mass is 10.1. The van der Waals surface area contributed by atoms with E-state index in [9.17, 15) is 25.3 Å². The van der Waals surface area contributed by atoms with Crippen molar-refractivity contribution < 1.29 is 24.4 Å². The Balaban J connectivity index is 2.04. The zero-order valence-corrected chi connectivity index (χ0v) is 17.4. The molecule has 3 rings (SSSR count). The van der Waals surface area contributed by atoms with Gasteiger partial charge >= 0.3 is 0 Å². The number of aromatic hydroxyl groups is 1. The second-order valence-electron chi connectivity index (χ2n) is 6.89. The quantitative estimate of drug-likeness (QED) is 0.383. The maximum absolute atomic E-state index is 11.3. The molecule has 166 valence electrons. The Kier molecular flexibility index (Phi) is 6.74. The zero-order chi connectivity index (χ0) is 23.3. The summed E-state index contributed by atoms with van der Waals surface area (Å²) in [7, 11) is 2.95. The summed E-state index contributed by atoms with van der Waals surface area (Å²) < 4.78 is 10.8. The van der Waals surface area contributed by atoms with E-state index in [1.807, 2.05) is 4.90 Å². The van der Waals surface area contributed by atoms with Crippen LogP contribution in [0.5, 0.6) is 17.2 Å². The molecule has 0 aromatic heterocycles. The van der Waals surface area contributed by atoms with Crippen LogP contribution in [0.2, 0.25) is 0 Å². The molecule has 0 spiro atoms. The minimum atomic E-state index is -0.481. The Morgan fingerprint density at radius 2 is 1.44 bits per heavy atom. The van der Waals surface area contributed by atoms with E-state index in [4.69, 9.17) is 9.47 Å². The second-order valence-corrected chi connectivity index (χ2v) is 6.89. The van der Waals surface area contributed by atoms with Gasteiger partial charge in [-0.3, -0.25) is 20.2 Å². The van der Waals surface area contributed by atoms with Crippen molar-refractivity contribution in [2.75, 3.05) is 19.1 Å². The van der Waals surface area contributed by atoms with Crippen LogP contribution in [-0.4, -0.2) is 29.2 Å². The zero-order valence-electron chi connectivity index (χ0n) is 17.4. The standard InChI is InChI=1S/C22H21N3O7/c1-31-21-10-7-18(25(29)30)11-16(21)14-23(20-9-8-19(26)12-22(20)32-2)13-15-3-5-17(6-4-15)24(27)28/h3-12,26H,13-14H2,1-2H3. The number of phenolic OH excluding ortho intramolecular Hbond substituents is 1. The van der Waals surface area contributed by atoms with Gasteiger partial charge in [0.2, 0.25) is 0 Å². The van der Waals surface area contributed by atoms with Crippen LogP contribution in [0.3, 0.4) is 0 Å². The summed E-state index contributed by atoms with van der Waals surface area (Å²) in [5.41, 5.74) is 1.86. The lowest BCUT2D eigenvalue weighted by Crippen LogP contribution is -2.23. The van der Waals surface area contributed by atoms with Crippen molar-refractivity contribution in [1.29, 1.82) is 0 Å². The highest BCUT2D eigenvalue weighted by atomic mass is 16.6. The molecule has 0 saturated carbocycles. The first-order valence-electron chi connectivity index (χ1n) is 9.49. The maximum atomic E-state index is 11.3. The van der Waals surface area contributed by atoms with Crippen molar-refractivity contribution in [2.24, 2.45) is 0 Å². The Hall–Kier alpha value is -4.34. The van der Waals surface area contributed by atoms with Gasteiger partial charge in [-0.05, 0) is 23.8 Å². The number of hydrogen-bond acceptors (Lipinski definition) is 8. The number of phenols is 1. The molecule has 10 heteroatoms. The predicted octanol–water partition coefficient (Wildman–Crippen LogP) is 4.43. The number of benzene rings is 3. The van der Waals surface area contributed by atoms with Crippen molar-refractivity contribution in [1.82, 2.24) is 0 Å². The van der Waals surface area contributed by atoms with Gasteiger partial charge in [-0.25, -0.2) is 0 Å². The number of non-ortho nitro benzene ring substituents is 2. The van der Waals surface area contributed by atoms with Crippen LogP contribution in [0.15, 0.2) is 60.7 Å². The lowest BCUT2D eigenvalue weighted by Gasteiger charge is -2.27. The van der Waals surface area contributed by atoms with Crippen molar-refractivity contribution in [3.63, 3.8) is 0 Å². The van der Waals surface area contributed by atoms with Crippen LogP contribution in [0.4, 0.5) is 17.1 Å². The Morgan fingerprint density at radius 1 is 0.812 bits per heavy atom. The fourth-order valence-corrected chi connectivity index (χ4v) is 3.31. The molecule has 0 aliphatic rings. The van der Waals surface area contributed by atoms with Gasteiger partial charge in [-0.1, -0.05) is 12.1 Å². The minimum Gasteiger partial charge on any atom is -0.508 e. The van der Waals surface area contributed by atoms with Crippen molar-refractivity contribution in [3.8, 4) is 17.2 Å². The molecule has 0 fully saturated rings. The highest BCUT2D eigenvalue weighted by molar-refractivity contribution is 5.62. The Morgan fingerprint density at radius 3 is 2.03 bits per heavy atom. The third kappa shape index (κ3) is 5.04. The number of nitro groups is 2.